The van der Waals surface area contributed by atoms with Gasteiger partial charge in [0.05, 0.1) is 5.69 Å². The van der Waals surface area contributed by atoms with Gasteiger partial charge in [0.15, 0.2) is 0 Å². The molecule has 7 heteroatoms. The van der Waals surface area contributed by atoms with Crippen LogP contribution in [0.2, 0.25) is 0 Å². The number of rotatable bonds is 6. The van der Waals surface area contributed by atoms with E-state index in [9.17, 15) is 9.59 Å². The monoisotopic (exact) mass is 547 g/mol. The number of carbonyl (C=O) groups is 2. The molecule has 0 unspecified atom stereocenters. The number of hydrogen-bond donors (Lipinski definition) is 1. The summed E-state index contributed by atoms with van der Waals surface area (Å²) in [5.74, 6) is -0.0183. The highest BCUT2D eigenvalue weighted by Crippen LogP contribution is 2.32. The van der Waals surface area contributed by atoms with Crippen LogP contribution in [0.3, 0.4) is 0 Å². The Morgan fingerprint density at radius 1 is 0.805 bits per heavy atom. The molecule has 1 amide bonds. The van der Waals surface area contributed by atoms with E-state index in [-0.39, 0.29) is 0 Å². The van der Waals surface area contributed by atoms with Gasteiger partial charge in [-0.2, -0.15) is 0 Å². The van der Waals surface area contributed by atoms with Crippen molar-refractivity contribution in [3.05, 3.63) is 95.4 Å². The highest BCUT2D eigenvalue weighted by atomic mass is 16.2. The van der Waals surface area contributed by atoms with E-state index in [2.05, 4.69) is 56.7 Å². The number of nitrogens with zero attached hydrogens (tertiary/aromatic N) is 4. The number of nitrogens with one attached hydrogen (secondary N) is 1. The first-order chi connectivity index (χ1) is 20.0. The van der Waals surface area contributed by atoms with E-state index in [1.54, 1.807) is 0 Å². The largest absolute Gasteiger partial charge is 0.368 e. The Morgan fingerprint density at radius 2 is 1.54 bits per heavy atom. The van der Waals surface area contributed by atoms with Crippen LogP contribution in [0.25, 0.3) is 11.1 Å². The first-order valence-corrected chi connectivity index (χ1v) is 14.7. The van der Waals surface area contributed by atoms with Crippen molar-refractivity contribution >= 4 is 28.9 Å². The number of piperazine rings is 1. The average molecular weight is 548 g/mol. The fourth-order valence-electron chi connectivity index (χ4n) is 6.08. The number of hydrogen-bond acceptors (Lipinski definition) is 5. The van der Waals surface area contributed by atoms with Gasteiger partial charge >= 0.3 is 0 Å². The molecule has 0 atom stereocenters. The predicted octanol–water partition coefficient (Wildman–Crippen LogP) is 6.04. The first-order valence-electron chi connectivity index (χ1n) is 14.7. The number of anilines is 3. The minimum Gasteiger partial charge on any atom is -0.368 e. The lowest BCUT2D eigenvalue weighted by Gasteiger charge is -2.37. The van der Waals surface area contributed by atoms with Gasteiger partial charge in [-0.3, -0.25) is 9.59 Å². The lowest BCUT2D eigenvalue weighted by Crippen LogP contribution is -2.47. The van der Waals surface area contributed by atoms with Gasteiger partial charge in [0, 0.05) is 61.6 Å². The molecule has 2 aliphatic heterocycles. The molecule has 41 heavy (non-hydrogen) atoms. The van der Waals surface area contributed by atoms with Crippen molar-refractivity contribution in [1.29, 1.82) is 0 Å². The number of carbonyl (C=O) groups excluding carboxylic acids is 2. The third kappa shape index (κ3) is 5.49. The Bertz CT molecular complexity index is 1550. The predicted molar refractivity (Wildman–Crippen MR) is 165 cm³/mol. The molecule has 7 nitrogen and oxygen atoms in total. The quantitative estimate of drug-likeness (QED) is 0.235. The zero-order valence-corrected chi connectivity index (χ0v) is 23.9. The van der Waals surface area contributed by atoms with Crippen LogP contribution in [-0.4, -0.2) is 47.4 Å². The second kappa shape index (κ2) is 11.6. The van der Waals surface area contributed by atoms with Crippen LogP contribution in [0, 0.1) is 13.8 Å². The maximum absolute atomic E-state index is 13.4. The fraction of sp³-hybridized carbons (Fsp3) is 0.324. The minimum absolute atomic E-state index is 0.478. The molecule has 1 fully saturated rings. The normalized spacial score (nSPS) is 15.3. The maximum atomic E-state index is 13.4. The summed E-state index contributed by atoms with van der Waals surface area (Å²) in [5, 5.41) is 2.85. The number of pyridine rings is 1. The fourth-order valence-corrected chi connectivity index (χ4v) is 6.08. The summed E-state index contributed by atoms with van der Waals surface area (Å²) in [5.41, 5.74) is 8.00. The maximum Gasteiger partial charge on any atom is 0.298 e. The van der Waals surface area contributed by atoms with Crippen LogP contribution in [0.4, 0.5) is 17.2 Å². The van der Waals surface area contributed by atoms with E-state index >= 15 is 0 Å². The molecule has 1 saturated heterocycles. The van der Waals surface area contributed by atoms with Crippen LogP contribution in [-0.2, 0) is 17.8 Å². The number of amides is 1. The Labute approximate surface area is 241 Å². The van der Waals surface area contributed by atoms with Crippen molar-refractivity contribution in [3.8, 4) is 11.1 Å². The molecule has 2 aromatic heterocycles. The summed E-state index contributed by atoms with van der Waals surface area (Å²) < 4.78 is 2.08. The Kier molecular flexibility index (Phi) is 7.59. The molecular weight excluding hydrogens is 510 g/mol. The molecule has 2 aliphatic rings. The number of aryl methyl sites for hydroxylation is 1. The molecule has 4 heterocycles. The summed E-state index contributed by atoms with van der Waals surface area (Å²) in [6.45, 7) is 8.60. The van der Waals surface area contributed by atoms with Crippen LogP contribution in [0.5, 0.6) is 0 Å². The molecule has 4 aromatic rings. The van der Waals surface area contributed by atoms with E-state index in [0.717, 1.165) is 86.7 Å². The molecule has 0 saturated carbocycles. The Hall–Kier alpha value is -4.39. The number of Topliss-reactive ketones (excluding diaryl/α,β-unsaturated/α-hetero) is 1. The van der Waals surface area contributed by atoms with Gasteiger partial charge in [-0.05, 0) is 86.2 Å². The van der Waals surface area contributed by atoms with Crippen molar-refractivity contribution in [2.24, 2.45) is 0 Å². The molecular formula is C34H37N5O2. The average Bonchev–Trinajstić information content (AvgIpc) is 3.19. The van der Waals surface area contributed by atoms with E-state index in [1.165, 1.54) is 11.1 Å². The smallest absolute Gasteiger partial charge is 0.298 e. The van der Waals surface area contributed by atoms with Crippen molar-refractivity contribution in [2.75, 3.05) is 41.3 Å². The van der Waals surface area contributed by atoms with E-state index < -0.39 is 11.7 Å². The Morgan fingerprint density at radius 3 is 2.29 bits per heavy atom. The SMILES string of the molecule is Cc1ccnc(N2CCN(c3ccc(NC(=O)C(=O)c4cc(-c5ccccc5)c5n4CCCCC5)cc3)CC2)c1C. The van der Waals surface area contributed by atoms with Gasteiger partial charge in [-0.1, -0.05) is 36.8 Å². The van der Waals surface area contributed by atoms with Gasteiger partial charge in [-0.15, -0.1) is 0 Å². The summed E-state index contributed by atoms with van der Waals surface area (Å²) in [4.78, 5) is 35.9. The number of fused-ring (bicyclic) bond motifs is 1. The third-order valence-electron chi connectivity index (χ3n) is 8.55. The van der Waals surface area contributed by atoms with Crippen molar-refractivity contribution < 1.29 is 9.59 Å². The van der Waals surface area contributed by atoms with Gasteiger partial charge in [0.1, 0.15) is 5.82 Å². The molecule has 6 rings (SSSR count). The zero-order valence-electron chi connectivity index (χ0n) is 23.9. The standard InChI is InChI=1S/C34H37N5O2/c1-24-16-17-35-33(25(24)2)38-21-19-37(20-22-38)28-14-12-27(13-15-28)36-34(41)32(40)31-23-29(26-9-5-3-6-10-26)30-11-7-4-8-18-39(30)31/h3,5-6,9-10,12-17,23H,4,7-8,11,18-22H2,1-2H3,(H,36,41). The molecule has 0 bridgehead atoms. The van der Waals surface area contributed by atoms with Gasteiger partial charge in [0.25, 0.3) is 11.7 Å². The number of aromatic nitrogens is 2. The highest BCUT2D eigenvalue weighted by Gasteiger charge is 2.26. The highest BCUT2D eigenvalue weighted by molar-refractivity contribution is 6.46. The third-order valence-corrected chi connectivity index (χ3v) is 8.55. The summed E-state index contributed by atoms with van der Waals surface area (Å²) in [6.07, 6.45) is 6.02. The molecule has 0 spiro atoms. The zero-order chi connectivity index (χ0) is 28.3. The topological polar surface area (TPSA) is 70.5 Å². The van der Waals surface area contributed by atoms with Crippen molar-refractivity contribution in [2.45, 2.75) is 46.1 Å². The minimum atomic E-state index is -0.600. The summed E-state index contributed by atoms with van der Waals surface area (Å²) in [7, 11) is 0. The lowest BCUT2D eigenvalue weighted by molar-refractivity contribution is -0.112. The summed E-state index contributed by atoms with van der Waals surface area (Å²) >= 11 is 0. The first kappa shape index (κ1) is 26.8. The van der Waals surface area contributed by atoms with Crippen LogP contribution >= 0.6 is 0 Å². The number of benzene rings is 2. The van der Waals surface area contributed by atoms with E-state index in [1.807, 2.05) is 54.7 Å². The lowest BCUT2D eigenvalue weighted by atomic mass is 10.0. The molecule has 210 valence electrons. The number of ketones is 1. The second-order valence-electron chi connectivity index (χ2n) is 11.1. The van der Waals surface area contributed by atoms with Crippen molar-refractivity contribution in [3.63, 3.8) is 0 Å². The summed E-state index contributed by atoms with van der Waals surface area (Å²) in [6, 6.07) is 21.9. The van der Waals surface area contributed by atoms with Gasteiger partial charge in [0.2, 0.25) is 0 Å². The van der Waals surface area contributed by atoms with Gasteiger partial charge in [-0.25, -0.2) is 4.98 Å². The molecule has 0 aliphatic carbocycles. The Balaban J connectivity index is 1.12. The molecule has 2 aromatic carbocycles. The van der Waals surface area contributed by atoms with Gasteiger partial charge < -0.3 is 19.7 Å². The molecule has 1 N–H and O–H groups in total. The van der Waals surface area contributed by atoms with Crippen LogP contribution in [0.15, 0.2) is 72.9 Å². The molecule has 0 radical (unpaired) electrons. The second-order valence-corrected chi connectivity index (χ2v) is 11.1. The van der Waals surface area contributed by atoms with Crippen molar-refractivity contribution in [1.82, 2.24) is 9.55 Å². The van der Waals surface area contributed by atoms with Crippen LogP contribution in [0.1, 0.15) is 46.6 Å². The van der Waals surface area contributed by atoms with E-state index in [4.69, 9.17) is 0 Å². The van der Waals surface area contributed by atoms with Crippen LogP contribution < -0.4 is 15.1 Å². The van der Waals surface area contributed by atoms with E-state index in [0.29, 0.717) is 11.4 Å².